The van der Waals surface area contributed by atoms with Gasteiger partial charge in [0.15, 0.2) is 0 Å². The van der Waals surface area contributed by atoms with Crippen molar-refractivity contribution in [3.8, 4) is 0 Å². The van der Waals surface area contributed by atoms with Gasteiger partial charge in [0.05, 0.1) is 18.9 Å². The molecule has 1 N–H and O–H groups in total. The number of likely N-dealkylation sites (tertiary alicyclic amines) is 2. The molecule has 2 unspecified atom stereocenters. The number of amides is 3. The lowest BCUT2D eigenvalue weighted by atomic mass is 9.77. The molecule has 0 bridgehead atoms. The van der Waals surface area contributed by atoms with Gasteiger partial charge < -0.3 is 19.9 Å². The summed E-state index contributed by atoms with van der Waals surface area (Å²) in [6, 6.07) is 5.97. The van der Waals surface area contributed by atoms with E-state index < -0.39 is 0 Å². The number of piperidine rings is 1. The van der Waals surface area contributed by atoms with E-state index in [0.717, 1.165) is 37.1 Å². The number of carbonyl (C=O) groups excluding carboxylic acids is 3. The molecular formula is C26H35N3O4. The molecule has 178 valence electrons. The van der Waals surface area contributed by atoms with Crippen LogP contribution in [0.2, 0.25) is 0 Å². The lowest BCUT2D eigenvalue weighted by Gasteiger charge is -2.39. The second-order valence-electron chi connectivity index (χ2n) is 9.92. The molecule has 33 heavy (non-hydrogen) atoms. The fourth-order valence-electron chi connectivity index (χ4n) is 5.60. The molecule has 2 saturated heterocycles. The molecule has 3 amide bonds. The Morgan fingerprint density at radius 1 is 0.970 bits per heavy atom. The summed E-state index contributed by atoms with van der Waals surface area (Å²) in [6.07, 6.45) is 7.86. The van der Waals surface area contributed by atoms with E-state index >= 15 is 0 Å². The summed E-state index contributed by atoms with van der Waals surface area (Å²) in [5.41, 5.74) is 3.15. The highest BCUT2D eigenvalue weighted by Crippen LogP contribution is 2.42. The number of rotatable bonds is 3. The van der Waals surface area contributed by atoms with Crippen LogP contribution in [0.15, 0.2) is 30.4 Å². The first-order chi connectivity index (χ1) is 15.8. The first-order valence-electron chi connectivity index (χ1n) is 12.0. The fraction of sp³-hybridized carbons (Fsp3) is 0.577. The summed E-state index contributed by atoms with van der Waals surface area (Å²) in [6.45, 7) is 6.86. The molecule has 1 aromatic carbocycles. The minimum Gasteiger partial charge on any atom is -0.469 e. The summed E-state index contributed by atoms with van der Waals surface area (Å²) < 4.78 is 4.95. The number of benzene rings is 1. The standard InChI is InChI=1S/C26H35N3O4/c1-18-8-9-22(19(2)16-18)27-25(32)28-13-10-26(11-14-28)12-15-29(17-26)23(30)20-6-4-5-7-21(20)24(31)33-3/h4-5,8-9,16,20-21H,6-7,10-15,17H2,1-3H3,(H,27,32). The molecule has 7 heteroatoms. The molecule has 0 saturated carbocycles. The molecular weight excluding hydrogens is 418 g/mol. The molecule has 0 aromatic heterocycles. The number of hydrogen-bond donors (Lipinski definition) is 1. The number of ether oxygens (including phenoxy) is 1. The lowest BCUT2D eigenvalue weighted by molar-refractivity contribution is -0.153. The Bertz CT molecular complexity index is 949. The highest BCUT2D eigenvalue weighted by molar-refractivity contribution is 5.90. The number of methoxy groups -OCH3 is 1. The molecule has 2 atom stereocenters. The largest absolute Gasteiger partial charge is 0.469 e. The van der Waals surface area contributed by atoms with Crippen molar-refractivity contribution in [3.05, 3.63) is 41.5 Å². The summed E-state index contributed by atoms with van der Waals surface area (Å²) in [5.74, 6) is -0.947. The van der Waals surface area contributed by atoms with Crippen molar-refractivity contribution in [3.63, 3.8) is 0 Å². The van der Waals surface area contributed by atoms with E-state index in [1.165, 1.54) is 12.7 Å². The molecule has 0 radical (unpaired) electrons. The number of carbonyl (C=O) groups is 3. The zero-order chi connectivity index (χ0) is 23.6. The van der Waals surface area contributed by atoms with E-state index in [1.807, 2.05) is 47.9 Å². The summed E-state index contributed by atoms with van der Waals surface area (Å²) in [4.78, 5) is 42.1. The Morgan fingerprint density at radius 3 is 2.24 bits per heavy atom. The monoisotopic (exact) mass is 453 g/mol. The minimum absolute atomic E-state index is 0.0577. The Hall–Kier alpha value is -2.83. The zero-order valence-corrected chi connectivity index (χ0v) is 19.9. The van der Waals surface area contributed by atoms with Crippen LogP contribution in [0.4, 0.5) is 10.5 Å². The van der Waals surface area contributed by atoms with Gasteiger partial charge in [0, 0.05) is 31.9 Å². The van der Waals surface area contributed by atoms with Gasteiger partial charge in [-0.3, -0.25) is 9.59 Å². The number of urea groups is 1. The van der Waals surface area contributed by atoms with Crippen LogP contribution in [0.5, 0.6) is 0 Å². The first-order valence-corrected chi connectivity index (χ1v) is 12.0. The van der Waals surface area contributed by atoms with Crippen molar-refractivity contribution in [1.29, 1.82) is 0 Å². The van der Waals surface area contributed by atoms with Gasteiger partial charge in [0.1, 0.15) is 0 Å². The number of nitrogens with zero attached hydrogens (tertiary/aromatic N) is 2. The fourth-order valence-corrected chi connectivity index (χ4v) is 5.60. The van der Waals surface area contributed by atoms with Gasteiger partial charge in [-0.05, 0) is 63.0 Å². The Morgan fingerprint density at radius 2 is 1.61 bits per heavy atom. The Labute approximate surface area is 196 Å². The number of nitrogens with one attached hydrogen (secondary N) is 1. The number of aryl methyl sites for hydroxylation is 2. The predicted molar refractivity (Wildman–Crippen MR) is 127 cm³/mol. The van der Waals surface area contributed by atoms with Crippen molar-refractivity contribution in [2.45, 2.75) is 46.0 Å². The van der Waals surface area contributed by atoms with Crippen LogP contribution >= 0.6 is 0 Å². The van der Waals surface area contributed by atoms with Crippen LogP contribution in [0, 0.1) is 31.1 Å². The van der Waals surface area contributed by atoms with Gasteiger partial charge in [-0.25, -0.2) is 4.79 Å². The normalized spacial score (nSPS) is 24.1. The van der Waals surface area contributed by atoms with Gasteiger partial charge in [-0.1, -0.05) is 29.8 Å². The zero-order valence-electron chi connectivity index (χ0n) is 19.9. The first kappa shape index (κ1) is 23.3. The van der Waals surface area contributed by atoms with Gasteiger partial charge in [-0.15, -0.1) is 0 Å². The highest BCUT2D eigenvalue weighted by Gasteiger charge is 2.45. The number of esters is 1. The van der Waals surface area contributed by atoms with Gasteiger partial charge >= 0.3 is 12.0 Å². The maximum atomic E-state index is 13.3. The molecule has 1 aromatic rings. The van der Waals surface area contributed by atoms with E-state index in [9.17, 15) is 14.4 Å². The second-order valence-corrected chi connectivity index (χ2v) is 9.92. The third kappa shape index (κ3) is 4.92. The van der Waals surface area contributed by atoms with Crippen molar-refractivity contribution in [2.75, 3.05) is 38.6 Å². The lowest BCUT2D eigenvalue weighted by Crippen LogP contribution is -2.47. The second kappa shape index (κ2) is 9.57. The molecule has 4 rings (SSSR count). The number of anilines is 1. The quantitative estimate of drug-likeness (QED) is 0.556. The minimum atomic E-state index is -0.389. The molecule has 7 nitrogen and oxygen atoms in total. The third-order valence-corrected chi connectivity index (χ3v) is 7.74. The SMILES string of the molecule is COC(=O)C1CC=CCC1C(=O)N1CCC2(CCN(C(=O)Nc3ccc(C)cc3C)CC2)C1. The smallest absolute Gasteiger partial charge is 0.321 e. The Balaban J connectivity index is 1.33. The maximum Gasteiger partial charge on any atom is 0.321 e. The number of allylic oxidation sites excluding steroid dienone is 2. The average Bonchev–Trinajstić information content (AvgIpc) is 3.23. The van der Waals surface area contributed by atoms with Crippen LogP contribution in [-0.4, -0.2) is 61.0 Å². The Kier molecular flexibility index (Phi) is 6.77. The van der Waals surface area contributed by atoms with E-state index in [-0.39, 0.29) is 35.2 Å². The van der Waals surface area contributed by atoms with Crippen LogP contribution in [0.1, 0.15) is 43.2 Å². The topological polar surface area (TPSA) is 79.0 Å². The van der Waals surface area contributed by atoms with Gasteiger partial charge in [-0.2, -0.15) is 0 Å². The van der Waals surface area contributed by atoms with Crippen molar-refractivity contribution < 1.29 is 19.1 Å². The summed E-state index contributed by atoms with van der Waals surface area (Å²) in [7, 11) is 1.39. The van der Waals surface area contributed by atoms with E-state index in [1.54, 1.807) is 0 Å². The third-order valence-electron chi connectivity index (χ3n) is 7.74. The average molecular weight is 454 g/mol. The molecule has 1 spiro atoms. The molecule has 2 fully saturated rings. The van der Waals surface area contributed by atoms with E-state index in [2.05, 4.69) is 11.4 Å². The molecule has 2 heterocycles. The molecule has 2 aliphatic heterocycles. The van der Waals surface area contributed by atoms with Gasteiger partial charge in [0.25, 0.3) is 0 Å². The molecule has 3 aliphatic rings. The molecule has 1 aliphatic carbocycles. The van der Waals surface area contributed by atoms with Gasteiger partial charge in [0.2, 0.25) is 5.91 Å². The van der Waals surface area contributed by atoms with Crippen molar-refractivity contribution in [2.24, 2.45) is 17.3 Å². The van der Waals surface area contributed by atoms with Crippen molar-refractivity contribution in [1.82, 2.24) is 9.80 Å². The number of hydrogen-bond acceptors (Lipinski definition) is 4. The summed E-state index contributed by atoms with van der Waals surface area (Å²) >= 11 is 0. The van der Waals surface area contributed by atoms with Crippen molar-refractivity contribution >= 4 is 23.6 Å². The highest BCUT2D eigenvalue weighted by atomic mass is 16.5. The summed E-state index contributed by atoms with van der Waals surface area (Å²) in [5, 5.41) is 3.05. The van der Waals surface area contributed by atoms with Crippen LogP contribution < -0.4 is 5.32 Å². The van der Waals surface area contributed by atoms with E-state index in [0.29, 0.717) is 32.5 Å². The van der Waals surface area contributed by atoms with Crippen LogP contribution in [-0.2, 0) is 14.3 Å². The predicted octanol–water partition coefficient (Wildman–Crippen LogP) is 3.91. The van der Waals surface area contributed by atoms with E-state index in [4.69, 9.17) is 4.74 Å². The maximum absolute atomic E-state index is 13.3. The van der Waals surface area contributed by atoms with Crippen LogP contribution in [0.25, 0.3) is 0 Å². The van der Waals surface area contributed by atoms with Crippen LogP contribution in [0.3, 0.4) is 0 Å².